The number of aryl methyl sites for hydroxylation is 1. The van der Waals surface area contributed by atoms with Gasteiger partial charge in [0.1, 0.15) is 0 Å². The number of nitrogens with two attached hydrogens (primary N) is 1. The molecule has 2 fully saturated rings. The number of amides is 1. The maximum atomic E-state index is 12.9. The first-order valence-corrected chi connectivity index (χ1v) is 8.37. The summed E-state index contributed by atoms with van der Waals surface area (Å²) in [5.74, 6) is 0.155. The molecule has 1 aromatic rings. The molecule has 2 heterocycles. The Hall–Kier alpha value is -1.39. The first-order valence-electron chi connectivity index (χ1n) is 8.37. The van der Waals surface area contributed by atoms with E-state index < -0.39 is 0 Å². The van der Waals surface area contributed by atoms with Crippen LogP contribution in [-0.4, -0.2) is 36.5 Å². The van der Waals surface area contributed by atoms with Crippen molar-refractivity contribution in [1.82, 2.24) is 4.90 Å². The van der Waals surface area contributed by atoms with Gasteiger partial charge in [-0.05, 0) is 38.2 Å². The molecule has 2 N–H and O–H groups in total. The minimum Gasteiger partial charge on any atom is -0.373 e. The van der Waals surface area contributed by atoms with E-state index in [4.69, 9.17) is 10.5 Å². The van der Waals surface area contributed by atoms with Crippen LogP contribution in [0.2, 0.25) is 0 Å². The lowest BCUT2D eigenvalue weighted by Gasteiger charge is -2.38. The third-order valence-corrected chi connectivity index (χ3v) is 4.81. The molecule has 0 bridgehead atoms. The molecule has 120 valence electrons. The van der Waals surface area contributed by atoms with Gasteiger partial charge in [-0.3, -0.25) is 4.79 Å². The van der Waals surface area contributed by atoms with Crippen LogP contribution in [0, 0.1) is 12.8 Å². The predicted molar refractivity (Wildman–Crippen MR) is 86.4 cm³/mol. The van der Waals surface area contributed by atoms with Gasteiger partial charge in [-0.15, -0.1) is 0 Å². The Morgan fingerprint density at radius 3 is 2.73 bits per heavy atom. The quantitative estimate of drug-likeness (QED) is 0.913. The normalized spacial score (nSPS) is 29.4. The highest BCUT2D eigenvalue weighted by molar-refractivity contribution is 5.80. The number of ether oxygens (including phenoxy) is 1. The van der Waals surface area contributed by atoms with E-state index in [0.717, 1.165) is 44.4 Å². The van der Waals surface area contributed by atoms with Gasteiger partial charge in [0.25, 0.3) is 0 Å². The van der Waals surface area contributed by atoms with E-state index in [0.29, 0.717) is 6.54 Å². The SMILES string of the molecule is Cc1ccc(C2OCCCC2C(=O)N2CCCC(N)C2)cc1. The number of rotatable bonds is 2. The number of carbonyl (C=O) groups is 1. The van der Waals surface area contributed by atoms with Crippen molar-refractivity contribution in [3.05, 3.63) is 35.4 Å². The molecule has 2 aliphatic heterocycles. The Balaban J connectivity index is 1.77. The lowest BCUT2D eigenvalue weighted by atomic mass is 9.87. The highest BCUT2D eigenvalue weighted by Gasteiger charge is 2.36. The number of hydrogen-bond acceptors (Lipinski definition) is 3. The Morgan fingerprint density at radius 2 is 2.00 bits per heavy atom. The lowest BCUT2D eigenvalue weighted by Crippen LogP contribution is -2.49. The van der Waals surface area contributed by atoms with Crippen molar-refractivity contribution in [1.29, 1.82) is 0 Å². The summed E-state index contributed by atoms with van der Waals surface area (Å²) >= 11 is 0. The van der Waals surface area contributed by atoms with E-state index in [1.54, 1.807) is 0 Å². The van der Waals surface area contributed by atoms with Gasteiger partial charge >= 0.3 is 0 Å². The number of benzene rings is 1. The Labute approximate surface area is 132 Å². The van der Waals surface area contributed by atoms with E-state index in [1.165, 1.54) is 5.56 Å². The van der Waals surface area contributed by atoms with Crippen molar-refractivity contribution < 1.29 is 9.53 Å². The predicted octanol–water partition coefficient (Wildman–Crippen LogP) is 2.41. The van der Waals surface area contributed by atoms with Crippen molar-refractivity contribution in [2.45, 2.75) is 44.8 Å². The molecule has 0 aromatic heterocycles. The lowest BCUT2D eigenvalue weighted by molar-refractivity contribution is -0.146. The zero-order valence-corrected chi connectivity index (χ0v) is 13.3. The third kappa shape index (κ3) is 3.33. The van der Waals surface area contributed by atoms with Gasteiger partial charge in [-0.25, -0.2) is 0 Å². The van der Waals surface area contributed by atoms with Crippen molar-refractivity contribution in [3.8, 4) is 0 Å². The summed E-state index contributed by atoms with van der Waals surface area (Å²) in [5, 5.41) is 0. The molecule has 3 unspecified atom stereocenters. The summed E-state index contributed by atoms with van der Waals surface area (Å²) in [6.45, 7) is 4.34. The molecule has 0 radical (unpaired) electrons. The van der Waals surface area contributed by atoms with E-state index in [2.05, 4.69) is 31.2 Å². The molecule has 2 saturated heterocycles. The number of nitrogens with zero attached hydrogens (tertiary/aromatic N) is 1. The summed E-state index contributed by atoms with van der Waals surface area (Å²) < 4.78 is 5.98. The van der Waals surface area contributed by atoms with Gasteiger partial charge in [0.15, 0.2) is 0 Å². The maximum Gasteiger partial charge on any atom is 0.228 e. The average Bonchev–Trinajstić information content (AvgIpc) is 2.55. The molecule has 3 rings (SSSR count). The van der Waals surface area contributed by atoms with Gasteiger partial charge < -0.3 is 15.4 Å². The second-order valence-corrected chi connectivity index (χ2v) is 6.64. The van der Waals surface area contributed by atoms with Gasteiger partial charge in [0, 0.05) is 25.7 Å². The highest BCUT2D eigenvalue weighted by Crippen LogP contribution is 2.35. The summed E-state index contributed by atoms with van der Waals surface area (Å²) in [4.78, 5) is 14.9. The minimum atomic E-state index is -0.111. The van der Waals surface area contributed by atoms with Crippen molar-refractivity contribution >= 4 is 5.91 Å². The van der Waals surface area contributed by atoms with Crippen molar-refractivity contribution in [2.24, 2.45) is 11.7 Å². The van der Waals surface area contributed by atoms with Crippen LogP contribution in [0.5, 0.6) is 0 Å². The summed E-state index contributed by atoms with van der Waals surface area (Å²) in [7, 11) is 0. The van der Waals surface area contributed by atoms with Crippen LogP contribution in [0.1, 0.15) is 42.9 Å². The number of likely N-dealkylation sites (tertiary alicyclic amines) is 1. The maximum absolute atomic E-state index is 12.9. The minimum absolute atomic E-state index is 0.0678. The zero-order valence-electron chi connectivity index (χ0n) is 13.3. The molecule has 2 aliphatic rings. The molecule has 0 aliphatic carbocycles. The third-order valence-electron chi connectivity index (χ3n) is 4.81. The number of carbonyl (C=O) groups excluding carboxylic acids is 1. The zero-order chi connectivity index (χ0) is 15.5. The highest BCUT2D eigenvalue weighted by atomic mass is 16.5. The second kappa shape index (κ2) is 6.80. The Bertz CT molecular complexity index is 514. The first kappa shape index (κ1) is 15.5. The van der Waals surface area contributed by atoms with Crippen molar-refractivity contribution in [2.75, 3.05) is 19.7 Å². The van der Waals surface area contributed by atoms with Gasteiger partial charge in [-0.2, -0.15) is 0 Å². The molecular weight excluding hydrogens is 276 g/mol. The molecule has 22 heavy (non-hydrogen) atoms. The largest absolute Gasteiger partial charge is 0.373 e. The molecule has 0 saturated carbocycles. The van der Waals surface area contributed by atoms with Crippen LogP contribution >= 0.6 is 0 Å². The fourth-order valence-corrected chi connectivity index (χ4v) is 3.56. The van der Waals surface area contributed by atoms with Crippen LogP contribution in [0.4, 0.5) is 0 Å². The standard InChI is InChI=1S/C18H26N2O2/c1-13-6-8-14(9-7-13)17-16(5-3-11-22-17)18(21)20-10-2-4-15(19)12-20/h6-9,15-17H,2-5,10-12,19H2,1H3. The van der Waals surface area contributed by atoms with Gasteiger partial charge in [0.05, 0.1) is 12.0 Å². The van der Waals surface area contributed by atoms with Crippen LogP contribution < -0.4 is 5.73 Å². The topological polar surface area (TPSA) is 55.6 Å². The number of piperidine rings is 1. The van der Waals surface area contributed by atoms with Crippen molar-refractivity contribution in [3.63, 3.8) is 0 Å². The summed E-state index contributed by atoms with van der Waals surface area (Å²) in [5.41, 5.74) is 8.37. The molecule has 4 nitrogen and oxygen atoms in total. The first-order chi connectivity index (χ1) is 10.6. The van der Waals surface area contributed by atoms with Crippen LogP contribution in [-0.2, 0) is 9.53 Å². The van der Waals surface area contributed by atoms with E-state index in [-0.39, 0.29) is 24.0 Å². The molecule has 1 amide bonds. The monoisotopic (exact) mass is 302 g/mol. The van der Waals surface area contributed by atoms with E-state index >= 15 is 0 Å². The molecule has 4 heteroatoms. The smallest absolute Gasteiger partial charge is 0.228 e. The average molecular weight is 302 g/mol. The second-order valence-electron chi connectivity index (χ2n) is 6.64. The van der Waals surface area contributed by atoms with Gasteiger partial charge in [-0.1, -0.05) is 29.8 Å². The fourth-order valence-electron chi connectivity index (χ4n) is 3.56. The summed E-state index contributed by atoms with van der Waals surface area (Å²) in [6.07, 6.45) is 3.78. The van der Waals surface area contributed by atoms with E-state index in [1.807, 2.05) is 4.90 Å². The summed E-state index contributed by atoms with van der Waals surface area (Å²) in [6, 6.07) is 8.48. The van der Waals surface area contributed by atoms with Crippen LogP contribution in [0.15, 0.2) is 24.3 Å². The van der Waals surface area contributed by atoms with Gasteiger partial charge in [0.2, 0.25) is 5.91 Å². The fraction of sp³-hybridized carbons (Fsp3) is 0.611. The van der Waals surface area contributed by atoms with E-state index in [9.17, 15) is 4.79 Å². The van der Waals surface area contributed by atoms with Crippen LogP contribution in [0.3, 0.4) is 0 Å². The Morgan fingerprint density at radius 1 is 1.23 bits per heavy atom. The molecular formula is C18H26N2O2. The van der Waals surface area contributed by atoms with Crippen LogP contribution in [0.25, 0.3) is 0 Å². The molecule has 3 atom stereocenters. The number of hydrogen-bond donors (Lipinski definition) is 1. The molecule has 1 aromatic carbocycles. The molecule has 0 spiro atoms. The Kier molecular flexibility index (Phi) is 4.79.